The summed E-state index contributed by atoms with van der Waals surface area (Å²) >= 11 is 16.7. The molecule has 2 aliphatic heterocycles. The van der Waals surface area contributed by atoms with Crippen molar-refractivity contribution in [1.29, 1.82) is 0 Å². The van der Waals surface area contributed by atoms with Gasteiger partial charge in [0.05, 0.1) is 31.8 Å². The van der Waals surface area contributed by atoms with E-state index in [0.29, 0.717) is 24.7 Å². The highest BCUT2D eigenvalue weighted by molar-refractivity contribution is 7.80. The Balaban J connectivity index is 1.76. The maximum atomic E-state index is 14.6. The Bertz CT molecular complexity index is 3900. The number of phenols is 1. The second-order valence-electron chi connectivity index (χ2n) is 30.2. The number of aliphatic hydroxyl groups excluding tert-OH is 2. The quantitative estimate of drug-likeness (QED) is 0.00947. The number of thiol groups is 4. The summed E-state index contributed by atoms with van der Waals surface area (Å²) in [5.41, 5.74) is 38.5. The lowest BCUT2D eigenvalue weighted by molar-refractivity contribution is -0.149. The zero-order chi connectivity index (χ0) is 93.2. The molecule has 0 radical (unpaired) electrons. The molecule has 0 aliphatic carbocycles. The maximum absolute atomic E-state index is 14.6. The summed E-state index contributed by atoms with van der Waals surface area (Å²) in [6.45, 7) is 7.03. The first-order chi connectivity index (χ1) is 58.6. The number of rotatable bonds is 54. The van der Waals surface area contributed by atoms with Gasteiger partial charge in [-0.1, -0.05) is 39.8 Å². The lowest BCUT2D eigenvalue weighted by Gasteiger charge is -2.34. The van der Waals surface area contributed by atoms with Crippen LogP contribution in [0.15, 0.2) is 39.2 Å². The van der Waals surface area contributed by atoms with Gasteiger partial charge in [0.2, 0.25) is 94.5 Å². The summed E-state index contributed by atoms with van der Waals surface area (Å²) in [5, 5.41) is 66.1. The Hall–Kier alpha value is -10.7. The predicted molar refractivity (Wildman–Crippen MR) is 468 cm³/mol. The van der Waals surface area contributed by atoms with Crippen molar-refractivity contribution in [2.45, 2.75) is 215 Å². The van der Waals surface area contributed by atoms with E-state index >= 15 is 0 Å². The van der Waals surface area contributed by atoms with Crippen molar-refractivity contribution < 1.29 is 96.8 Å². The summed E-state index contributed by atoms with van der Waals surface area (Å²) in [6.07, 6.45) is -0.136. The van der Waals surface area contributed by atoms with Gasteiger partial charge < -0.3 is 144 Å². The van der Waals surface area contributed by atoms with Gasteiger partial charge in [0.15, 0.2) is 17.9 Å². The van der Waals surface area contributed by atoms with Crippen molar-refractivity contribution >= 4 is 169 Å². The molecule has 0 saturated carbocycles. The third kappa shape index (κ3) is 37.0. The Labute approximate surface area is 739 Å². The Kier molecular flexibility index (Phi) is 48.1. The number of carbonyl (C=O) groups is 17. The number of nitrogens with zero attached hydrogens (tertiary/aromatic N) is 5. The van der Waals surface area contributed by atoms with Crippen LogP contribution in [0.25, 0.3) is 0 Å². The molecule has 50 heteroatoms. The van der Waals surface area contributed by atoms with Crippen LogP contribution in [0, 0.1) is 11.8 Å². The van der Waals surface area contributed by atoms with Gasteiger partial charge in [-0.2, -0.15) is 50.5 Å². The first-order valence-corrected chi connectivity index (χ1v) is 42.8. The molecule has 16 atom stereocenters. The normalized spacial score (nSPS) is 16.9. The second kappa shape index (κ2) is 55.5. The number of hydrogen-bond donors (Lipinski definition) is 28. The minimum atomic E-state index is -1.76. The number of guanidine groups is 3. The standard InChI is InChI=1S/C74H124N26O20S4/c1-36(2)26-45(62(111)91-46(27-40-17-19-42(104)20-18-40)63(112)94-48(32-121)59(108)85-29-55(106)88-43(13-8-22-83-73(78)79)61(110)90-44(14-9-23-84-74(80)81)60(109)87-41(30-101)12-7-21-82-72(76)77)92-69(118)56(37(3)4)97-58(107)38(5)86-65(114)50(34-123)96-68(117)52-15-10-24-99(52)70(119)53-16-11-25-100(53)71(120)57(39(6)103)98-64(113)47(31-102)93-67(116)51(35-124)95-66(115)49(33-122)89-54(105)28-75/h17-20,30,36-39,41,43-53,56-57,102-104,121-124H,7-16,21-29,31-35,75H2,1-6H3,(H,85,108)(H,86,114)(H,87,109)(H,88,106)(H,89,105)(H,90,110)(H,91,111)(H,92,118)(H,93,116)(H,94,112)(H,95,115)(H,96,117)(H,97,107)(H,98,113)(H4,76,77,82)(H4,78,79,83)(H4,80,81,84)/t38-,39+,41-,43-,44-,45-,46-,47-,48-,49-,50-,51-,52-,53-,56-,57-/m0/s1. The molecule has 1 aromatic carbocycles. The fraction of sp³-hybridized carbons (Fsp3) is 0.649. The van der Waals surface area contributed by atoms with E-state index in [-0.39, 0.29) is 149 Å². The van der Waals surface area contributed by atoms with Gasteiger partial charge in [-0.15, -0.1) is 0 Å². The zero-order valence-corrected chi connectivity index (χ0v) is 73.7. The van der Waals surface area contributed by atoms with Gasteiger partial charge in [-0.05, 0) is 114 Å². The first kappa shape index (κ1) is 107. The van der Waals surface area contributed by atoms with E-state index in [1.165, 1.54) is 43.0 Å². The molecule has 0 unspecified atom stereocenters. The number of nitrogens with one attached hydrogen (secondary N) is 14. The van der Waals surface area contributed by atoms with E-state index in [2.05, 4.69) is 140 Å². The van der Waals surface area contributed by atoms with Gasteiger partial charge in [0.1, 0.15) is 96.6 Å². The Morgan fingerprint density at radius 2 is 0.895 bits per heavy atom. The van der Waals surface area contributed by atoms with Crippen LogP contribution in [-0.4, -0.2) is 316 Å². The third-order valence-corrected chi connectivity index (χ3v) is 20.9. The average Bonchev–Trinajstić information content (AvgIpc) is 1.64. The SMILES string of the molecule is CC(C)C[C@H](NC(=O)[C@@H](NC(=O)[C@H](C)NC(=O)[C@H](CS)NC(=O)[C@@H]1CCCN1C(=O)[C@@H]1CCCN1C(=O)[C@@H](NC(=O)[C@H](CO)NC(=O)[C@H](CS)NC(=O)[C@H](CS)NC(=O)CN)[C@@H](C)O)C(C)C)C(=O)N[C@@H](Cc1ccc(O)cc1)C(=O)N[C@@H](CS)C(=O)NCC(=O)N[C@@H](CCCN=C(N)N)C(=O)N[C@@H](CCCN=C(N)N)C(=O)N[C@H](C=O)CCCN=C(N)N. The molecule has 2 fully saturated rings. The van der Waals surface area contributed by atoms with Crippen molar-refractivity contribution in [3.63, 3.8) is 0 Å². The van der Waals surface area contributed by atoms with Crippen LogP contribution in [-0.2, 0) is 87.9 Å². The fourth-order valence-electron chi connectivity index (χ4n) is 12.7. The van der Waals surface area contributed by atoms with E-state index in [9.17, 15) is 96.8 Å². The van der Waals surface area contributed by atoms with Gasteiger partial charge in [-0.3, -0.25) is 91.7 Å². The molecule has 2 heterocycles. The molecule has 0 bridgehead atoms. The van der Waals surface area contributed by atoms with Crippen molar-refractivity contribution in [3.05, 3.63) is 29.8 Å². The molecule has 0 aromatic heterocycles. The minimum Gasteiger partial charge on any atom is -0.508 e. The Morgan fingerprint density at radius 3 is 1.40 bits per heavy atom. The lowest BCUT2D eigenvalue weighted by Crippen LogP contribution is -2.62. The molecule has 2 aliphatic rings. The number of aliphatic imine (C=N–C) groups is 3. The first-order valence-electron chi connectivity index (χ1n) is 40.2. The highest BCUT2D eigenvalue weighted by Gasteiger charge is 2.46. The predicted octanol–water partition coefficient (Wildman–Crippen LogP) is -10.5. The van der Waals surface area contributed by atoms with Crippen LogP contribution < -0.4 is 115 Å². The molecular weight excluding hydrogens is 1700 g/mol. The van der Waals surface area contributed by atoms with Crippen molar-refractivity contribution in [1.82, 2.24) is 84.2 Å². The molecule has 3 rings (SSSR count). The molecule has 2 saturated heterocycles. The summed E-state index contributed by atoms with van der Waals surface area (Å²) in [6, 6.07) is -15.4. The number of carbonyl (C=O) groups excluding carboxylic acids is 17. The minimum absolute atomic E-state index is 0.00115. The molecule has 124 heavy (non-hydrogen) atoms. The van der Waals surface area contributed by atoms with E-state index in [1.54, 1.807) is 27.7 Å². The monoisotopic (exact) mass is 1820 g/mol. The molecule has 694 valence electrons. The summed E-state index contributed by atoms with van der Waals surface area (Å²) < 4.78 is 0. The zero-order valence-electron chi connectivity index (χ0n) is 70.1. The second-order valence-corrected chi connectivity index (χ2v) is 31.6. The number of aldehydes is 1. The highest BCUT2D eigenvalue weighted by atomic mass is 32.1. The van der Waals surface area contributed by atoms with Crippen LogP contribution in [0.5, 0.6) is 5.75 Å². The number of likely N-dealkylation sites (tertiary alicyclic amines) is 2. The van der Waals surface area contributed by atoms with Gasteiger partial charge in [0.25, 0.3) is 0 Å². The van der Waals surface area contributed by atoms with E-state index < -0.39 is 217 Å². The molecule has 0 spiro atoms. The van der Waals surface area contributed by atoms with Crippen LogP contribution in [0.1, 0.15) is 118 Å². The number of amides is 16. The largest absolute Gasteiger partial charge is 0.508 e. The Morgan fingerprint density at radius 1 is 0.476 bits per heavy atom. The smallest absolute Gasteiger partial charge is 0.248 e. The van der Waals surface area contributed by atoms with Gasteiger partial charge in [0, 0.05) is 62.2 Å². The third-order valence-electron chi connectivity index (χ3n) is 19.4. The van der Waals surface area contributed by atoms with Gasteiger partial charge >= 0.3 is 0 Å². The number of phenolic OH excluding ortho intramolecular Hbond substituents is 1. The van der Waals surface area contributed by atoms with Crippen molar-refractivity contribution in [2.24, 2.45) is 66.9 Å². The number of aliphatic hydroxyl groups is 2. The molecule has 1 aromatic rings. The fourth-order valence-corrected chi connectivity index (χ4v) is 13.8. The van der Waals surface area contributed by atoms with Crippen LogP contribution in [0.3, 0.4) is 0 Å². The van der Waals surface area contributed by atoms with E-state index in [0.717, 1.165) is 4.90 Å². The summed E-state index contributed by atoms with van der Waals surface area (Å²) in [7, 11) is 0. The number of hydrogen-bond acceptors (Lipinski definition) is 28. The molecule has 16 amide bonds. The lowest BCUT2D eigenvalue weighted by atomic mass is 9.98. The number of nitrogens with two attached hydrogens (primary N) is 7. The van der Waals surface area contributed by atoms with Gasteiger partial charge in [-0.25, -0.2) is 0 Å². The maximum Gasteiger partial charge on any atom is 0.248 e. The van der Waals surface area contributed by atoms with E-state index in [4.69, 9.17) is 40.1 Å². The molecule has 31 N–H and O–H groups in total. The molecular formula is C74H124N26O20S4. The van der Waals surface area contributed by atoms with Crippen LogP contribution in [0.2, 0.25) is 0 Å². The van der Waals surface area contributed by atoms with E-state index in [1.807, 2.05) is 0 Å². The summed E-state index contributed by atoms with van der Waals surface area (Å²) in [4.78, 5) is 247. The van der Waals surface area contributed by atoms with Crippen LogP contribution in [0.4, 0.5) is 0 Å². The van der Waals surface area contributed by atoms with Crippen LogP contribution >= 0.6 is 50.5 Å². The highest BCUT2D eigenvalue weighted by Crippen LogP contribution is 2.27. The average molecular weight is 1830 g/mol. The van der Waals surface area contributed by atoms with Crippen molar-refractivity contribution in [3.8, 4) is 5.75 Å². The van der Waals surface area contributed by atoms with Crippen molar-refractivity contribution in [2.75, 3.05) is 75.4 Å². The number of aromatic hydroxyl groups is 1. The summed E-state index contributed by atoms with van der Waals surface area (Å²) in [5.74, 6) is -17.2. The molecule has 46 nitrogen and oxygen atoms in total. The topological polar surface area (TPSA) is 745 Å². The number of benzene rings is 1.